The van der Waals surface area contributed by atoms with Gasteiger partial charge in [0.2, 0.25) is 5.91 Å². The Balaban J connectivity index is 1.48. The SMILES string of the molecule is COc1ccc(CCN2CC(NC(=O)Nc3ccccc3OC)CC2=O)cc1. The first kappa shape index (κ1) is 19.5. The Morgan fingerprint density at radius 2 is 1.86 bits per heavy atom. The Labute approximate surface area is 164 Å². The van der Waals surface area contributed by atoms with E-state index in [9.17, 15) is 9.59 Å². The molecule has 148 valence electrons. The number of hydrogen-bond acceptors (Lipinski definition) is 4. The molecule has 2 aromatic rings. The van der Waals surface area contributed by atoms with Crippen LogP contribution in [0.25, 0.3) is 0 Å². The third-order valence-electron chi connectivity index (χ3n) is 4.73. The van der Waals surface area contributed by atoms with E-state index in [-0.39, 0.29) is 18.0 Å². The summed E-state index contributed by atoms with van der Waals surface area (Å²) in [4.78, 5) is 26.3. The molecule has 28 heavy (non-hydrogen) atoms. The van der Waals surface area contributed by atoms with Crippen LogP contribution in [0.1, 0.15) is 12.0 Å². The van der Waals surface area contributed by atoms with Crippen LogP contribution in [-0.2, 0) is 11.2 Å². The highest BCUT2D eigenvalue weighted by molar-refractivity contribution is 5.92. The summed E-state index contributed by atoms with van der Waals surface area (Å²) >= 11 is 0. The van der Waals surface area contributed by atoms with Gasteiger partial charge in [-0.1, -0.05) is 24.3 Å². The number of benzene rings is 2. The number of hydrogen-bond donors (Lipinski definition) is 2. The van der Waals surface area contributed by atoms with Gasteiger partial charge in [0.25, 0.3) is 0 Å². The number of carbonyl (C=O) groups is 2. The van der Waals surface area contributed by atoms with E-state index < -0.39 is 0 Å². The molecule has 2 N–H and O–H groups in total. The van der Waals surface area contributed by atoms with E-state index in [0.717, 1.165) is 17.7 Å². The zero-order valence-electron chi connectivity index (χ0n) is 16.1. The molecule has 7 heteroatoms. The smallest absolute Gasteiger partial charge is 0.319 e. The molecule has 7 nitrogen and oxygen atoms in total. The lowest BCUT2D eigenvalue weighted by Crippen LogP contribution is -2.40. The molecule has 0 aliphatic carbocycles. The van der Waals surface area contributed by atoms with Gasteiger partial charge in [-0.25, -0.2) is 4.79 Å². The Kier molecular flexibility index (Phi) is 6.37. The van der Waals surface area contributed by atoms with E-state index in [2.05, 4.69) is 10.6 Å². The maximum Gasteiger partial charge on any atom is 0.319 e. The largest absolute Gasteiger partial charge is 0.497 e. The number of urea groups is 1. The van der Waals surface area contributed by atoms with Crippen LogP contribution in [-0.4, -0.2) is 50.2 Å². The third kappa shape index (κ3) is 4.94. The maximum atomic E-state index is 12.3. The molecule has 0 saturated carbocycles. The van der Waals surface area contributed by atoms with Gasteiger partial charge in [-0.15, -0.1) is 0 Å². The van der Waals surface area contributed by atoms with E-state index in [1.165, 1.54) is 0 Å². The summed E-state index contributed by atoms with van der Waals surface area (Å²) in [5.74, 6) is 1.45. The minimum Gasteiger partial charge on any atom is -0.497 e. The van der Waals surface area contributed by atoms with Crippen LogP contribution in [0.15, 0.2) is 48.5 Å². The van der Waals surface area contributed by atoms with Crippen LogP contribution < -0.4 is 20.1 Å². The predicted molar refractivity (Wildman–Crippen MR) is 107 cm³/mol. The number of rotatable bonds is 7. The monoisotopic (exact) mass is 383 g/mol. The molecular formula is C21H25N3O4. The number of methoxy groups -OCH3 is 2. The lowest BCUT2D eigenvalue weighted by Gasteiger charge is -2.18. The molecule has 0 aromatic heterocycles. The van der Waals surface area contributed by atoms with Gasteiger partial charge in [0.05, 0.1) is 25.9 Å². The number of anilines is 1. The normalized spacial score (nSPS) is 16.0. The van der Waals surface area contributed by atoms with Crippen molar-refractivity contribution in [1.29, 1.82) is 0 Å². The Hall–Kier alpha value is -3.22. The maximum absolute atomic E-state index is 12.3. The highest BCUT2D eigenvalue weighted by atomic mass is 16.5. The topological polar surface area (TPSA) is 79.9 Å². The fraction of sp³-hybridized carbons (Fsp3) is 0.333. The molecule has 1 saturated heterocycles. The van der Waals surface area contributed by atoms with Crippen LogP contribution in [0.5, 0.6) is 11.5 Å². The first-order valence-corrected chi connectivity index (χ1v) is 9.20. The molecule has 1 fully saturated rings. The first-order chi connectivity index (χ1) is 13.6. The molecule has 0 spiro atoms. The van der Waals surface area contributed by atoms with Gasteiger partial charge < -0.3 is 25.0 Å². The van der Waals surface area contributed by atoms with Crippen LogP contribution in [0.3, 0.4) is 0 Å². The summed E-state index contributed by atoms with van der Waals surface area (Å²) in [6, 6.07) is 14.4. The van der Waals surface area contributed by atoms with Gasteiger partial charge in [-0.2, -0.15) is 0 Å². The van der Waals surface area contributed by atoms with Crippen LogP contribution in [0, 0.1) is 0 Å². The second-order valence-electron chi connectivity index (χ2n) is 6.64. The van der Waals surface area contributed by atoms with Gasteiger partial charge in [-0.3, -0.25) is 4.79 Å². The standard InChI is InChI=1S/C21H25N3O4/c1-27-17-9-7-15(8-10-17)11-12-24-14-16(13-20(24)25)22-21(26)23-18-5-3-4-6-19(18)28-2/h3-10,16H,11-14H2,1-2H3,(H2,22,23,26). The van der Waals surface area contributed by atoms with Crippen LogP contribution in [0.2, 0.25) is 0 Å². The number of para-hydroxylation sites is 2. The van der Waals surface area contributed by atoms with Crippen molar-refractivity contribution in [3.63, 3.8) is 0 Å². The van der Waals surface area contributed by atoms with E-state index in [1.54, 1.807) is 31.3 Å². The number of likely N-dealkylation sites (tertiary alicyclic amines) is 1. The van der Waals surface area contributed by atoms with E-state index in [4.69, 9.17) is 9.47 Å². The molecule has 1 heterocycles. The summed E-state index contributed by atoms with van der Waals surface area (Å²) in [6.07, 6.45) is 1.07. The average Bonchev–Trinajstić information content (AvgIpc) is 3.06. The summed E-state index contributed by atoms with van der Waals surface area (Å²) in [5.41, 5.74) is 1.72. The minimum absolute atomic E-state index is 0.0519. The molecule has 2 aromatic carbocycles. The highest BCUT2D eigenvalue weighted by Crippen LogP contribution is 2.23. The molecule has 1 aliphatic heterocycles. The lowest BCUT2D eigenvalue weighted by atomic mass is 10.1. The Bertz CT molecular complexity index is 823. The van der Waals surface area contributed by atoms with Crippen molar-refractivity contribution in [1.82, 2.24) is 10.2 Å². The van der Waals surface area contributed by atoms with Crippen LogP contribution in [0.4, 0.5) is 10.5 Å². The lowest BCUT2D eigenvalue weighted by molar-refractivity contribution is -0.127. The molecule has 0 radical (unpaired) electrons. The van der Waals surface area contributed by atoms with Crippen molar-refractivity contribution in [2.45, 2.75) is 18.9 Å². The van der Waals surface area contributed by atoms with Gasteiger partial charge >= 0.3 is 6.03 Å². The third-order valence-corrected chi connectivity index (χ3v) is 4.73. The van der Waals surface area contributed by atoms with Gasteiger partial charge in [0.15, 0.2) is 0 Å². The summed E-state index contributed by atoms with van der Waals surface area (Å²) in [7, 11) is 3.18. The van der Waals surface area contributed by atoms with Gasteiger partial charge in [-0.05, 0) is 36.2 Å². The number of nitrogens with zero attached hydrogens (tertiary/aromatic N) is 1. The fourth-order valence-corrected chi connectivity index (χ4v) is 3.23. The van der Waals surface area contributed by atoms with Crippen molar-refractivity contribution in [2.75, 3.05) is 32.6 Å². The minimum atomic E-state index is -0.348. The second-order valence-corrected chi connectivity index (χ2v) is 6.64. The first-order valence-electron chi connectivity index (χ1n) is 9.20. The number of amides is 3. The molecule has 1 unspecified atom stereocenters. The second kappa shape index (κ2) is 9.12. The zero-order valence-corrected chi connectivity index (χ0v) is 16.1. The summed E-state index contributed by atoms with van der Waals surface area (Å²) in [5, 5.41) is 5.64. The van der Waals surface area contributed by atoms with Gasteiger partial charge in [0.1, 0.15) is 11.5 Å². The fourth-order valence-electron chi connectivity index (χ4n) is 3.23. The molecule has 1 aliphatic rings. The van der Waals surface area contributed by atoms with E-state index in [1.807, 2.05) is 36.4 Å². The van der Waals surface area contributed by atoms with Crippen molar-refractivity contribution >= 4 is 17.6 Å². The van der Waals surface area contributed by atoms with Gasteiger partial charge in [0, 0.05) is 19.5 Å². The van der Waals surface area contributed by atoms with Crippen molar-refractivity contribution < 1.29 is 19.1 Å². The Morgan fingerprint density at radius 1 is 1.11 bits per heavy atom. The Morgan fingerprint density at radius 3 is 2.57 bits per heavy atom. The van der Waals surface area contributed by atoms with Crippen molar-refractivity contribution in [2.24, 2.45) is 0 Å². The van der Waals surface area contributed by atoms with Crippen molar-refractivity contribution in [3.8, 4) is 11.5 Å². The number of nitrogens with one attached hydrogen (secondary N) is 2. The van der Waals surface area contributed by atoms with Crippen LogP contribution >= 0.6 is 0 Å². The number of ether oxygens (including phenoxy) is 2. The predicted octanol–water partition coefficient (Wildman–Crippen LogP) is 2.67. The summed E-state index contributed by atoms with van der Waals surface area (Å²) < 4.78 is 10.4. The molecule has 0 bridgehead atoms. The molecular weight excluding hydrogens is 358 g/mol. The van der Waals surface area contributed by atoms with E-state index in [0.29, 0.717) is 30.9 Å². The quantitative estimate of drug-likeness (QED) is 0.770. The van der Waals surface area contributed by atoms with E-state index >= 15 is 0 Å². The molecule has 3 amide bonds. The zero-order chi connectivity index (χ0) is 19.9. The number of carbonyl (C=O) groups excluding carboxylic acids is 2. The van der Waals surface area contributed by atoms with Crippen molar-refractivity contribution in [3.05, 3.63) is 54.1 Å². The summed E-state index contributed by atoms with van der Waals surface area (Å²) in [6.45, 7) is 1.13. The molecule has 1 atom stereocenters. The molecule has 3 rings (SSSR count). The average molecular weight is 383 g/mol. The highest BCUT2D eigenvalue weighted by Gasteiger charge is 2.30.